The first kappa shape index (κ1) is 24.6. The molecule has 0 spiro atoms. The number of carbonyl (C=O) groups excluding carboxylic acids is 1. The third-order valence-electron chi connectivity index (χ3n) is 5.47. The summed E-state index contributed by atoms with van der Waals surface area (Å²) in [6, 6.07) is 4.71. The number of aromatic nitrogens is 5. The second kappa shape index (κ2) is 8.91. The lowest BCUT2D eigenvalue weighted by Crippen LogP contribution is -2.29. The number of carboxylic acid groups (broad SMARTS) is 1. The van der Waals surface area contributed by atoms with Gasteiger partial charge in [-0.2, -0.15) is 9.94 Å². The van der Waals surface area contributed by atoms with E-state index in [9.17, 15) is 28.0 Å². The summed E-state index contributed by atoms with van der Waals surface area (Å²) in [5.74, 6) is -1.91. The molecule has 1 aromatic carbocycles. The van der Waals surface area contributed by atoms with Gasteiger partial charge < -0.3 is 15.2 Å². The lowest BCUT2D eigenvalue weighted by atomic mass is 9.95. The van der Waals surface area contributed by atoms with E-state index >= 15 is 0 Å². The van der Waals surface area contributed by atoms with Crippen LogP contribution in [0.3, 0.4) is 0 Å². The second-order valence-electron chi connectivity index (χ2n) is 8.18. The van der Waals surface area contributed by atoms with Crippen LogP contribution in [0.5, 0.6) is 5.75 Å². The molecule has 4 rings (SSSR count). The van der Waals surface area contributed by atoms with Crippen molar-refractivity contribution in [3.05, 3.63) is 59.1 Å². The van der Waals surface area contributed by atoms with E-state index in [4.69, 9.17) is 5.11 Å². The minimum absolute atomic E-state index is 0.131. The maximum atomic E-state index is 13.0. The Bertz CT molecular complexity index is 1380. The summed E-state index contributed by atoms with van der Waals surface area (Å²) in [6.45, 7) is 3.17. The zero-order valence-corrected chi connectivity index (χ0v) is 18.9. The molecule has 186 valence electrons. The normalized spacial score (nSPS) is 15.0. The number of nitriles is 1. The van der Waals surface area contributed by atoms with Crippen molar-refractivity contribution in [3.8, 4) is 17.6 Å². The molecule has 2 heterocycles. The van der Waals surface area contributed by atoms with E-state index in [1.54, 1.807) is 13.8 Å². The molecular weight excluding hydrogens is 483 g/mol. The summed E-state index contributed by atoms with van der Waals surface area (Å²) in [7, 11) is 0. The number of hydrogen-bond acceptors (Lipinski definition) is 8. The smallest absolute Gasteiger partial charge is 0.476 e. The number of rotatable bonds is 7. The Labute approximate surface area is 201 Å². The van der Waals surface area contributed by atoms with Crippen molar-refractivity contribution >= 4 is 11.9 Å². The van der Waals surface area contributed by atoms with Crippen molar-refractivity contribution in [2.45, 2.75) is 44.5 Å². The predicted molar refractivity (Wildman–Crippen MR) is 114 cm³/mol. The van der Waals surface area contributed by atoms with E-state index in [-0.39, 0.29) is 28.5 Å². The van der Waals surface area contributed by atoms with Crippen LogP contribution in [0.2, 0.25) is 0 Å². The number of aryl methyl sites for hydroxylation is 1. The monoisotopic (exact) mass is 501 g/mol. The molecule has 1 unspecified atom stereocenters. The van der Waals surface area contributed by atoms with Crippen LogP contribution in [0.15, 0.2) is 30.6 Å². The van der Waals surface area contributed by atoms with E-state index in [2.05, 4.69) is 36.2 Å². The molecular formula is C22H18F3N7O4. The predicted octanol–water partition coefficient (Wildman–Crippen LogP) is 3.01. The van der Waals surface area contributed by atoms with Crippen molar-refractivity contribution in [1.82, 2.24) is 30.0 Å². The molecule has 0 radical (unpaired) electrons. The topological polar surface area (TPSA) is 156 Å². The Kier molecular flexibility index (Phi) is 6.09. The quantitative estimate of drug-likeness (QED) is 0.497. The molecule has 3 aromatic rings. The standard InChI is InChI=1S/C22H18F3N7O4/c1-11(18-30-12(2)31-32(18)17-9-27-16(8-28-17)20(34)35)29-19(33)13-5-14(21(10-26)3-4-21)7-15(6-13)36-22(23,24)25/h5-9,11H,3-4H2,1-2H3,(H,29,33)(H,34,35). The van der Waals surface area contributed by atoms with Crippen LogP contribution in [0.25, 0.3) is 5.82 Å². The fourth-order valence-corrected chi connectivity index (χ4v) is 3.55. The molecule has 14 heteroatoms. The van der Waals surface area contributed by atoms with Gasteiger partial charge in [0.1, 0.15) is 11.6 Å². The highest BCUT2D eigenvalue weighted by Gasteiger charge is 2.46. The summed E-state index contributed by atoms with van der Waals surface area (Å²) >= 11 is 0. The average molecular weight is 501 g/mol. The maximum absolute atomic E-state index is 13.0. The van der Waals surface area contributed by atoms with Gasteiger partial charge in [0.05, 0.1) is 29.9 Å². The number of alkyl halides is 3. The number of benzene rings is 1. The van der Waals surface area contributed by atoms with Crippen molar-refractivity contribution in [3.63, 3.8) is 0 Å². The molecule has 1 aliphatic carbocycles. The fraction of sp³-hybridized carbons (Fsp3) is 0.318. The van der Waals surface area contributed by atoms with Gasteiger partial charge in [-0.15, -0.1) is 18.3 Å². The van der Waals surface area contributed by atoms with Crippen LogP contribution in [-0.4, -0.2) is 48.1 Å². The Morgan fingerprint density at radius 3 is 2.53 bits per heavy atom. The molecule has 0 aliphatic heterocycles. The van der Waals surface area contributed by atoms with Gasteiger partial charge in [0.2, 0.25) is 0 Å². The van der Waals surface area contributed by atoms with Gasteiger partial charge in [-0.1, -0.05) is 0 Å². The van der Waals surface area contributed by atoms with E-state index in [1.165, 1.54) is 16.9 Å². The number of halogens is 3. The fourth-order valence-electron chi connectivity index (χ4n) is 3.55. The maximum Gasteiger partial charge on any atom is 0.573 e. The van der Waals surface area contributed by atoms with Crippen LogP contribution >= 0.6 is 0 Å². The van der Waals surface area contributed by atoms with Crippen LogP contribution in [0.1, 0.15) is 63.9 Å². The van der Waals surface area contributed by atoms with Gasteiger partial charge in [-0.05, 0) is 50.5 Å². The number of aromatic carboxylic acids is 1. The van der Waals surface area contributed by atoms with E-state index in [1.807, 2.05) is 0 Å². The Morgan fingerprint density at radius 1 is 1.25 bits per heavy atom. The Balaban J connectivity index is 1.62. The second-order valence-corrected chi connectivity index (χ2v) is 8.18. The number of carboxylic acids is 1. The lowest BCUT2D eigenvalue weighted by molar-refractivity contribution is -0.274. The highest BCUT2D eigenvalue weighted by molar-refractivity contribution is 5.95. The summed E-state index contributed by atoms with van der Waals surface area (Å²) in [6.07, 6.45) is -1.84. The lowest BCUT2D eigenvalue weighted by Gasteiger charge is -2.17. The van der Waals surface area contributed by atoms with Gasteiger partial charge in [0, 0.05) is 5.56 Å². The first-order valence-corrected chi connectivity index (χ1v) is 10.5. The highest BCUT2D eigenvalue weighted by atomic mass is 19.4. The van der Waals surface area contributed by atoms with Crippen molar-refractivity contribution in [1.29, 1.82) is 5.26 Å². The van der Waals surface area contributed by atoms with Gasteiger partial charge in [0.15, 0.2) is 17.3 Å². The number of nitrogens with zero attached hydrogens (tertiary/aromatic N) is 6. The van der Waals surface area contributed by atoms with Gasteiger partial charge in [0.25, 0.3) is 5.91 Å². The molecule has 11 nitrogen and oxygen atoms in total. The molecule has 2 aromatic heterocycles. The molecule has 36 heavy (non-hydrogen) atoms. The van der Waals surface area contributed by atoms with Crippen molar-refractivity contribution in [2.24, 2.45) is 0 Å². The SMILES string of the molecule is Cc1nc(C(C)NC(=O)c2cc(OC(F)(F)F)cc(C3(C#N)CC3)c2)n(-c2cnc(C(=O)O)cn2)n1. The molecule has 1 saturated carbocycles. The molecule has 1 amide bonds. The van der Waals surface area contributed by atoms with E-state index in [0.29, 0.717) is 18.7 Å². The first-order valence-electron chi connectivity index (χ1n) is 10.5. The van der Waals surface area contributed by atoms with Crippen LogP contribution in [0, 0.1) is 18.3 Å². The van der Waals surface area contributed by atoms with Crippen LogP contribution in [0.4, 0.5) is 13.2 Å². The van der Waals surface area contributed by atoms with Crippen molar-refractivity contribution < 1.29 is 32.6 Å². The molecule has 2 N–H and O–H groups in total. The zero-order valence-electron chi connectivity index (χ0n) is 18.9. The molecule has 0 saturated heterocycles. The van der Waals surface area contributed by atoms with Crippen LogP contribution in [-0.2, 0) is 5.41 Å². The third kappa shape index (κ3) is 5.09. The third-order valence-corrected chi connectivity index (χ3v) is 5.47. The molecule has 1 fully saturated rings. The number of hydrogen-bond donors (Lipinski definition) is 2. The Morgan fingerprint density at radius 2 is 1.97 bits per heavy atom. The average Bonchev–Trinajstić information content (AvgIpc) is 3.52. The summed E-state index contributed by atoms with van der Waals surface area (Å²) in [4.78, 5) is 36.1. The summed E-state index contributed by atoms with van der Waals surface area (Å²) in [5, 5.41) is 25.3. The number of nitrogens with one attached hydrogen (secondary N) is 1. The molecule has 1 atom stereocenters. The van der Waals surface area contributed by atoms with Gasteiger partial charge in [-0.3, -0.25) is 4.79 Å². The largest absolute Gasteiger partial charge is 0.573 e. The zero-order chi connectivity index (χ0) is 26.3. The van der Waals surface area contributed by atoms with E-state index in [0.717, 1.165) is 18.3 Å². The number of carbonyl (C=O) groups is 2. The van der Waals surface area contributed by atoms with Crippen LogP contribution < -0.4 is 10.1 Å². The summed E-state index contributed by atoms with van der Waals surface area (Å²) in [5.41, 5.74) is -1.10. The van der Waals surface area contributed by atoms with E-state index < -0.39 is 35.4 Å². The Hall–Kier alpha value is -4.54. The van der Waals surface area contributed by atoms with Gasteiger partial charge in [-0.25, -0.2) is 19.7 Å². The minimum Gasteiger partial charge on any atom is -0.476 e. The molecule has 0 bridgehead atoms. The molecule has 1 aliphatic rings. The number of ether oxygens (including phenoxy) is 1. The number of amides is 1. The first-order chi connectivity index (χ1) is 16.9. The van der Waals surface area contributed by atoms with Gasteiger partial charge >= 0.3 is 12.3 Å². The van der Waals surface area contributed by atoms with Crippen molar-refractivity contribution in [2.75, 3.05) is 0 Å². The summed E-state index contributed by atoms with van der Waals surface area (Å²) < 4.78 is 43.9. The minimum atomic E-state index is -4.98. The highest BCUT2D eigenvalue weighted by Crippen LogP contribution is 2.48.